The number of anilines is 1. The van der Waals surface area contributed by atoms with Crippen LogP contribution in [0.1, 0.15) is 16.2 Å². The number of hydrogen-bond acceptors (Lipinski definition) is 4. The Balaban J connectivity index is 1.76. The minimum atomic E-state index is -4.74. The minimum absolute atomic E-state index is 0.0291. The number of hydrogen-bond donors (Lipinski definition) is 1. The number of rotatable bonds is 3. The molecular weight excluding hydrogens is 378 g/mol. The van der Waals surface area contributed by atoms with Gasteiger partial charge in [0.2, 0.25) is 5.82 Å². The van der Waals surface area contributed by atoms with Crippen LogP contribution in [0.2, 0.25) is 5.02 Å². The van der Waals surface area contributed by atoms with Crippen LogP contribution in [0, 0.1) is 5.82 Å². The van der Waals surface area contributed by atoms with Crippen LogP contribution in [0.25, 0.3) is 11.4 Å². The number of nitrogens with zero attached hydrogens (tertiary/aromatic N) is 2. The Labute approximate surface area is 148 Å². The molecule has 0 atom stereocenters. The second kappa shape index (κ2) is 6.75. The van der Waals surface area contributed by atoms with Gasteiger partial charge in [-0.15, -0.1) is 0 Å². The second-order valence-electron chi connectivity index (χ2n) is 5.08. The van der Waals surface area contributed by atoms with Gasteiger partial charge in [0.1, 0.15) is 5.82 Å². The molecule has 1 aromatic heterocycles. The molecule has 0 aliphatic carbocycles. The summed E-state index contributed by atoms with van der Waals surface area (Å²) in [5.41, 5.74) is 0.657. The van der Waals surface area contributed by atoms with Crippen LogP contribution in [0.5, 0.6) is 0 Å². The zero-order valence-corrected chi connectivity index (χ0v) is 13.4. The summed E-state index contributed by atoms with van der Waals surface area (Å²) in [5.74, 6) is -2.80. The summed E-state index contributed by atoms with van der Waals surface area (Å²) >= 11 is 5.83. The van der Waals surface area contributed by atoms with Gasteiger partial charge in [-0.1, -0.05) is 28.9 Å². The quantitative estimate of drug-likeness (QED) is 0.657. The van der Waals surface area contributed by atoms with Crippen molar-refractivity contribution in [3.63, 3.8) is 0 Å². The summed E-state index contributed by atoms with van der Waals surface area (Å²) in [4.78, 5) is 15.4. The van der Waals surface area contributed by atoms with Crippen LogP contribution >= 0.6 is 11.6 Å². The van der Waals surface area contributed by atoms with Crippen LogP contribution in [0.3, 0.4) is 0 Å². The highest BCUT2D eigenvalue weighted by molar-refractivity contribution is 6.33. The Morgan fingerprint density at radius 2 is 1.81 bits per heavy atom. The Bertz CT molecular complexity index is 955. The molecule has 1 heterocycles. The van der Waals surface area contributed by atoms with Crippen LogP contribution in [0.4, 0.5) is 23.2 Å². The third-order valence-electron chi connectivity index (χ3n) is 3.25. The average Bonchev–Trinajstić information content (AvgIpc) is 3.08. The van der Waals surface area contributed by atoms with E-state index in [-0.39, 0.29) is 27.7 Å². The van der Waals surface area contributed by atoms with E-state index >= 15 is 0 Å². The molecular formula is C16H8ClF4N3O2. The van der Waals surface area contributed by atoms with Gasteiger partial charge < -0.3 is 9.84 Å². The Morgan fingerprint density at radius 3 is 2.38 bits per heavy atom. The van der Waals surface area contributed by atoms with E-state index in [1.54, 1.807) is 0 Å². The zero-order valence-electron chi connectivity index (χ0n) is 12.6. The number of aromatic nitrogens is 2. The Hall–Kier alpha value is -2.94. The molecule has 3 rings (SSSR count). The first kappa shape index (κ1) is 17.9. The van der Waals surface area contributed by atoms with E-state index in [2.05, 4.69) is 20.0 Å². The zero-order chi connectivity index (χ0) is 18.9. The lowest BCUT2D eigenvalue weighted by Crippen LogP contribution is -2.12. The van der Waals surface area contributed by atoms with E-state index in [1.807, 2.05) is 0 Å². The van der Waals surface area contributed by atoms with E-state index in [0.717, 1.165) is 12.1 Å². The fourth-order valence-electron chi connectivity index (χ4n) is 2.01. The summed E-state index contributed by atoms with van der Waals surface area (Å²) < 4.78 is 54.6. The third-order valence-corrected chi connectivity index (χ3v) is 3.57. The van der Waals surface area contributed by atoms with Crippen molar-refractivity contribution in [1.29, 1.82) is 0 Å². The maximum Gasteiger partial charge on any atom is 0.471 e. The lowest BCUT2D eigenvalue weighted by Gasteiger charge is -2.07. The molecule has 134 valence electrons. The predicted molar refractivity (Wildman–Crippen MR) is 84.1 cm³/mol. The van der Waals surface area contributed by atoms with Gasteiger partial charge in [-0.05, 0) is 30.3 Å². The largest absolute Gasteiger partial charge is 0.471 e. The molecule has 10 heteroatoms. The van der Waals surface area contributed by atoms with E-state index in [1.165, 1.54) is 30.3 Å². The smallest absolute Gasteiger partial charge is 0.329 e. The van der Waals surface area contributed by atoms with Gasteiger partial charge in [-0.25, -0.2) is 4.39 Å². The predicted octanol–water partition coefficient (Wildman–Crippen LogP) is 4.80. The normalized spacial score (nSPS) is 11.4. The molecule has 0 fully saturated rings. The van der Waals surface area contributed by atoms with Crippen molar-refractivity contribution in [1.82, 2.24) is 10.1 Å². The maximum atomic E-state index is 13.0. The Kier molecular flexibility index (Phi) is 4.64. The van der Waals surface area contributed by atoms with E-state index in [4.69, 9.17) is 11.6 Å². The van der Waals surface area contributed by atoms with Crippen LogP contribution in [0.15, 0.2) is 47.0 Å². The van der Waals surface area contributed by atoms with Gasteiger partial charge in [-0.2, -0.15) is 18.2 Å². The first-order valence-corrected chi connectivity index (χ1v) is 7.39. The molecule has 0 aliphatic heterocycles. The van der Waals surface area contributed by atoms with Gasteiger partial charge in [0.25, 0.3) is 5.91 Å². The molecule has 5 nitrogen and oxygen atoms in total. The number of alkyl halides is 3. The highest BCUT2D eigenvalue weighted by Gasteiger charge is 2.38. The highest BCUT2D eigenvalue weighted by atomic mass is 35.5. The first-order chi connectivity index (χ1) is 12.2. The number of carbonyl (C=O) groups is 1. The van der Waals surface area contributed by atoms with E-state index < -0.39 is 23.8 Å². The molecule has 0 aliphatic rings. The van der Waals surface area contributed by atoms with Crippen LogP contribution < -0.4 is 5.32 Å². The molecule has 0 bridgehead atoms. The van der Waals surface area contributed by atoms with Gasteiger partial charge >= 0.3 is 12.1 Å². The Morgan fingerprint density at radius 1 is 1.12 bits per heavy atom. The molecule has 3 aromatic rings. The monoisotopic (exact) mass is 385 g/mol. The van der Waals surface area contributed by atoms with E-state index in [0.29, 0.717) is 0 Å². The molecule has 0 saturated heterocycles. The summed E-state index contributed by atoms with van der Waals surface area (Å²) in [6.07, 6.45) is -4.74. The van der Waals surface area contributed by atoms with Gasteiger partial charge in [0, 0.05) is 11.1 Å². The number of carbonyl (C=O) groups excluding carboxylic acids is 1. The van der Waals surface area contributed by atoms with Crippen molar-refractivity contribution >= 4 is 23.2 Å². The summed E-state index contributed by atoms with van der Waals surface area (Å²) in [7, 11) is 0. The minimum Gasteiger partial charge on any atom is -0.329 e. The number of amides is 1. The van der Waals surface area contributed by atoms with Crippen LogP contribution in [-0.2, 0) is 6.18 Å². The molecule has 0 saturated carbocycles. The van der Waals surface area contributed by atoms with Crippen molar-refractivity contribution in [2.75, 3.05) is 5.32 Å². The highest BCUT2D eigenvalue weighted by Crippen LogP contribution is 2.29. The molecule has 1 N–H and O–H groups in total. The lowest BCUT2D eigenvalue weighted by molar-refractivity contribution is -0.159. The number of nitrogens with one attached hydrogen (secondary N) is 1. The van der Waals surface area contributed by atoms with Crippen molar-refractivity contribution in [3.05, 3.63) is 64.8 Å². The summed E-state index contributed by atoms with van der Waals surface area (Å²) in [5, 5.41) is 5.79. The van der Waals surface area contributed by atoms with Crippen molar-refractivity contribution < 1.29 is 26.9 Å². The SMILES string of the molecule is O=C(Nc1ccc(F)cc1Cl)c1ccc(-c2noc(C(F)(F)F)n2)cc1. The topological polar surface area (TPSA) is 68.0 Å². The fraction of sp³-hybridized carbons (Fsp3) is 0.0625. The molecule has 1 amide bonds. The second-order valence-corrected chi connectivity index (χ2v) is 5.48. The number of benzene rings is 2. The molecule has 0 unspecified atom stereocenters. The average molecular weight is 386 g/mol. The van der Waals surface area contributed by atoms with Crippen molar-refractivity contribution in [2.45, 2.75) is 6.18 Å². The van der Waals surface area contributed by atoms with Gasteiger partial charge in [0.05, 0.1) is 10.7 Å². The molecule has 2 aromatic carbocycles. The van der Waals surface area contributed by atoms with Gasteiger partial charge in [0.15, 0.2) is 0 Å². The van der Waals surface area contributed by atoms with E-state index in [9.17, 15) is 22.4 Å². The standard InChI is InChI=1S/C16H8ClF4N3O2/c17-11-7-10(18)5-6-12(11)22-14(25)9-3-1-8(2-4-9)13-23-15(26-24-13)16(19,20)21/h1-7H,(H,22,25). The fourth-order valence-corrected chi connectivity index (χ4v) is 2.23. The first-order valence-electron chi connectivity index (χ1n) is 7.02. The molecule has 0 radical (unpaired) electrons. The summed E-state index contributed by atoms with van der Waals surface area (Å²) in [6.45, 7) is 0. The van der Waals surface area contributed by atoms with Crippen molar-refractivity contribution in [3.8, 4) is 11.4 Å². The molecule has 0 spiro atoms. The van der Waals surface area contributed by atoms with Gasteiger partial charge in [-0.3, -0.25) is 4.79 Å². The third kappa shape index (κ3) is 3.83. The lowest BCUT2D eigenvalue weighted by atomic mass is 10.1. The van der Waals surface area contributed by atoms with Crippen molar-refractivity contribution in [2.24, 2.45) is 0 Å². The van der Waals surface area contributed by atoms with Crippen LogP contribution in [-0.4, -0.2) is 16.0 Å². The maximum absolute atomic E-state index is 13.0. The number of halogens is 5. The summed E-state index contributed by atoms with van der Waals surface area (Å²) in [6, 6.07) is 8.96. The molecule has 26 heavy (non-hydrogen) atoms.